The monoisotopic (exact) mass is 469 g/mol. The van der Waals surface area contributed by atoms with Gasteiger partial charge in [0, 0.05) is 37.6 Å². The summed E-state index contributed by atoms with van der Waals surface area (Å²) in [7, 11) is 0. The predicted octanol–water partition coefficient (Wildman–Crippen LogP) is 3.77. The highest BCUT2D eigenvalue weighted by molar-refractivity contribution is 5.80. The molecule has 0 amide bonds. The Morgan fingerprint density at radius 2 is 2.09 bits per heavy atom. The molecule has 176 valence electrons. The number of pyridine rings is 1. The Kier molecular flexibility index (Phi) is 5.60. The van der Waals surface area contributed by atoms with E-state index in [0.717, 1.165) is 23.0 Å². The number of nitrogens with zero attached hydrogens (tertiary/aromatic N) is 3. The molecule has 4 heterocycles. The summed E-state index contributed by atoms with van der Waals surface area (Å²) in [6.45, 7) is 3.14. The lowest BCUT2D eigenvalue weighted by Gasteiger charge is -2.18. The molecule has 7 nitrogen and oxygen atoms in total. The molecule has 34 heavy (non-hydrogen) atoms. The molecule has 1 saturated heterocycles. The normalized spacial score (nSPS) is 16.3. The highest BCUT2D eigenvalue weighted by Crippen LogP contribution is 2.38. The van der Waals surface area contributed by atoms with Crippen molar-refractivity contribution in [3.63, 3.8) is 0 Å². The number of alkyl halides is 3. The average molecular weight is 469 g/mol. The lowest BCUT2D eigenvalue weighted by atomic mass is 10.1. The first-order chi connectivity index (χ1) is 16.3. The molecule has 1 aliphatic rings. The summed E-state index contributed by atoms with van der Waals surface area (Å²) in [5.41, 5.74) is 0.458. The summed E-state index contributed by atoms with van der Waals surface area (Å²) in [4.78, 5) is 24.1. The van der Waals surface area contributed by atoms with Crippen LogP contribution in [0.2, 0.25) is 0 Å². The van der Waals surface area contributed by atoms with Crippen molar-refractivity contribution in [3.05, 3.63) is 81.8 Å². The maximum atomic E-state index is 13.7. The molecule has 5 rings (SSSR count). The highest BCUT2D eigenvalue weighted by Gasteiger charge is 2.36. The van der Waals surface area contributed by atoms with Crippen LogP contribution in [0.4, 0.5) is 13.2 Å². The summed E-state index contributed by atoms with van der Waals surface area (Å²) in [6, 6.07) is 7.73. The van der Waals surface area contributed by atoms with Gasteiger partial charge in [-0.1, -0.05) is 6.07 Å². The van der Waals surface area contributed by atoms with Crippen LogP contribution in [0.3, 0.4) is 0 Å². The van der Waals surface area contributed by atoms with E-state index >= 15 is 0 Å². The molecule has 3 aromatic heterocycles. The fourth-order valence-corrected chi connectivity index (χ4v) is 4.04. The largest absolute Gasteiger partial charge is 0.488 e. The number of aryl methyl sites for hydroxylation is 1. The zero-order chi connectivity index (χ0) is 23.9. The minimum absolute atomic E-state index is 0.135. The van der Waals surface area contributed by atoms with Gasteiger partial charge in [-0.3, -0.25) is 4.79 Å². The number of hydrogen-bond acceptors (Lipinski definition) is 5. The first kappa shape index (κ1) is 22.1. The SMILES string of the molecule is Cc1ccn(-c2ccc(Cc3nc4cc(O[C@@H]5CCNC5)c(C(F)(F)F)cc4c(=O)[nH]3)cn2)c1. The van der Waals surface area contributed by atoms with Gasteiger partial charge >= 0.3 is 6.18 Å². The van der Waals surface area contributed by atoms with Crippen LogP contribution in [-0.2, 0) is 12.6 Å². The van der Waals surface area contributed by atoms with Crippen LogP contribution in [0.1, 0.15) is 28.9 Å². The summed E-state index contributed by atoms with van der Waals surface area (Å²) in [5.74, 6) is 0.766. The van der Waals surface area contributed by atoms with Gasteiger partial charge in [-0.05, 0) is 49.2 Å². The molecule has 1 fully saturated rings. The number of aromatic nitrogens is 4. The van der Waals surface area contributed by atoms with Crippen LogP contribution in [0.25, 0.3) is 16.7 Å². The summed E-state index contributed by atoms with van der Waals surface area (Å²) >= 11 is 0. The van der Waals surface area contributed by atoms with Crippen molar-refractivity contribution in [1.82, 2.24) is 24.8 Å². The average Bonchev–Trinajstić information content (AvgIpc) is 3.45. The molecule has 1 aliphatic heterocycles. The highest BCUT2D eigenvalue weighted by atomic mass is 19.4. The zero-order valence-electron chi connectivity index (χ0n) is 18.3. The molecule has 0 bridgehead atoms. The second-order valence-corrected chi connectivity index (χ2v) is 8.41. The second-order valence-electron chi connectivity index (χ2n) is 8.41. The Morgan fingerprint density at radius 3 is 2.74 bits per heavy atom. The van der Waals surface area contributed by atoms with Crippen molar-refractivity contribution in [2.75, 3.05) is 13.1 Å². The maximum absolute atomic E-state index is 13.7. The molecule has 1 aromatic carbocycles. The van der Waals surface area contributed by atoms with Gasteiger partial charge in [0.15, 0.2) is 0 Å². The van der Waals surface area contributed by atoms with Crippen LogP contribution in [0.15, 0.2) is 53.7 Å². The Morgan fingerprint density at radius 1 is 1.24 bits per heavy atom. The number of H-pyrrole nitrogens is 1. The molecule has 0 aliphatic carbocycles. The quantitative estimate of drug-likeness (QED) is 0.465. The molecule has 0 saturated carbocycles. The van der Waals surface area contributed by atoms with E-state index < -0.39 is 17.3 Å². The third kappa shape index (κ3) is 4.54. The Hall–Kier alpha value is -3.66. The van der Waals surface area contributed by atoms with Gasteiger partial charge in [-0.2, -0.15) is 13.2 Å². The van der Waals surface area contributed by atoms with E-state index in [-0.39, 0.29) is 29.2 Å². The summed E-state index contributed by atoms with van der Waals surface area (Å²) in [6.07, 6.45) is 1.41. The number of benzene rings is 1. The summed E-state index contributed by atoms with van der Waals surface area (Å²) < 4.78 is 48.6. The molecule has 2 N–H and O–H groups in total. The van der Waals surface area contributed by atoms with Crippen LogP contribution < -0.4 is 15.6 Å². The smallest absolute Gasteiger partial charge is 0.419 e. The third-order valence-corrected chi connectivity index (χ3v) is 5.76. The number of halogens is 3. The van der Waals surface area contributed by atoms with Gasteiger partial charge in [0.1, 0.15) is 23.5 Å². The lowest BCUT2D eigenvalue weighted by molar-refractivity contribution is -0.139. The van der Waals surface area contributed by atoms with Crippen LogP contribution in [0, 0.1) is 6.92 Å². The van der Waals surface area contributed by atoms with Crippen LogP contribution >= 0.6 is 0 Å². The number of rotatable bonds is 5. The minimum Gasteiger partial charge on any atom is -0.488 e. The van der Waals surface area contributed by atoms with Gasteiger partial charge in [0.05, 0.1) is 16.5 Å². The van der Waals surface area contributed by atoms with Crippen molar-refractivity contribution in [2.24, 2.45) is 0 Å². The Labute approximate surface area is 192 Å². The second kappa shape index (κ2) is 8.60. The fourth-order valence-electron chi connectivity index (χ4n) is 4.04. The first-order valence-corrected chi connectivity index (χ1v) is 10.9. The Balaban J connectivity index is 1.47. The molecule has 0 spiro atoms. The van der Waals surface area contributed by atoms with E-state index in [1.807, 2.05) is 42.1 Å². The standard InChI is InChI=1S/C24H22F3N5O2/c1-14-5-7-32(13-14)22-3-2-15(11-29-22)8-21-30-19-10-20(34-16-4-6-28-12-16)18(24(25,26)27)9-17(19)23(33)31-21/h2-3,5,7,9-11,13,16,28H,4,6,8,12H2,1H3,(H,30,31,33)/t16-/m1/s1. The fraction of sp³-hybridized carbons (Fsp3) is 0.292. The molecular weight excluding hydrogens is 447 g/mol. The molecule has 0 unspecified atom stereocenters. The number of fused-ring (bicyclic) bond motifs is 1. The van der Waals surface area contributed by atoms with E-state index in [1.54, 1.807) is 6.20 Å². The molecular formula is C24H22F3N5O2. The maximum Gasteiger partial charge on any atom is 0.419 e. The van der Waals surface area contributed by atoms with Gasteiger partial charge in [-0.25, -0.2) is 9.97 Å². The number of hydrogen-bond donors (Lipinski definition) is 2. The van der Waals surface area contributed by atoms with E-state index in [9.17, 15) is 18.0 Å². The lowest BCUT2D eigenvalue weighted by Crippen LogP contribution is -2.22. The van der Waals surface area contributed by atoms with E-state index in [2.05, 4.69) is 20.3 Å². The van der Waals surface area contributed by atoms with E-state index in [1.165, 1.54) is 6.07 Å². The van der Waals surface area contributed by atoms with Crippen molar-refractivity contribution >= 4 is 10.9 Å². The van der Waals surface area contributed by atoms with E-state index in [0.29, 0.717) is 25.3 Å². The minimum atomic E-state index is -4.66. The Bertz CT molecular complexity index is 1390. The number of ether oxygens (including phenoxy) is 1. The first-order valence-electron chi connectivity index (χ1n) is 10.9. The van der Waals surface area contributed by atoms with Crippen molar-refractivity contribution in [3.8, 4) is 11.6 Å². The zero-order valence-corrected chi connectivity index (χ0v) is 18.3. The van der Waals surface area contributed by atoms with Gasteiger partial charge in [-0.15, -0.1) is 0 Å². The number of aromatic amines is 1. The molecule has 1 atom stereocenters. The predicted molar refractivity (Wildman–Crippen MR) is 120 cm³/mol. The molecule has 0 radical (unpaired) electrons. The van der Waals surface area contributed by atoms with Gasteiger partial charge in [0.2, 0.25) is 0 Å². The van der Waals surface area contributed by atoms with Gasteiger partial charge < -0.3 is 19.6 Å². The van der Waals surface area contributed by atoms with Crippen LogP contribution in [0.5, 0.6) is 5.75 Å². The van der Waals surface area contributed by atoms with Crippen molar-refractivity contribution < 1.29 is 17.9 Å². The molecule has 4 aromatic rings. The van der Waals surface area contributed by atoms with Crippen LogP contribution in [-0.4, -0.2) is 38.7 Å². The summed E-state index contributed by atoms with van der Waals surface area (Å²) in [5, 5.41) is 2.93. The van der Waals surface area contributed by atoms with Crippen molar-refractivity contribution in [1.29, 1.82) is 0 Å². The topological polar surface area (TPSA) is 84.8 Å². The van der Waals surface area contributed by atoms with Gasteiger partial charge in [0.25, 0.3) is 5.56 Å². The van der Waals surface area contributed by atoms with E-state index in [4.69, 9.17) is 4.74 Å². The number of nitrogens with one attached hydrogen (secondary N) is 2. The van der Waals surface area contributed by atoms with Crippen molar-refractivity contribution in [2.45, 2.75) is 32.0 Å². The molecule has 10 heteroatoms. The third-order valence-electron chi connectivity index (χ3n) is 5.76.